The molecular formula is C42H49F3O5. The molecule has 1 aliphatic rings. The van der Waals surface area contributed by atoms with Gasteiger partial charge in [0.25, 0.3) is 0 Å². The molecule has 8 heteroatoms. The molecule has 1 unspecified atom stereocenters. The van der Waals surface area contributed by atoms with E-state index in [9.17, 15) is 18.4 Å². The maximum atomic E-state index is 15.3. The molecule has 0 aromatic heterocycles. The molecule has 0 bridgehead atoms. The normalized spacial score (nSPS) is 16.4. The summed E-state index contributed by atoms with van der Waals surface area (Å²) in [5.74, 6) is -2.39. The lowest BCUT2D eigenvalue weighted by molar-refractivity contribution is -0.144. The highest BCUT2D eigenvalue weighted by molar-refractivity contribution is 5.88. The lowest BCUT2D eigenvalue weighted by Gasteiger charge is -2.30. The number of aryl methyl sites for hydroxylation is 1. The highest BCUT2D eigenvalue weighted by Gasteiger charge is 2.25. The zero-order valence-corrected chi connectivity index (χ0v) is 29.2. The second-order valence-electron chi connectivity index (χ2n) is 13.6. The van der Waals surface area contributed by atoms with Crippen LogP contribution in [-0.2, 0) is 25.5 Å². The molecule has 3 aromatic carbocycles. The molecule has 5 nitrogen and oxygen atoms in total. The number of benzene rings is 3. The topological polar surface area (TPSA) is 72.8 Å². The van der Waals surface area contributed by atoms with Crippen LogP contribution in [0.3, 0.4) is 0 Å². The number of halogens is 3. The molecule has 50 heavy (non-hydrogen) atoms. The van der Waals surface area contributed by atoms with E-state index < -0.39 is 36.0 Å². The summed E-state index contributed by atoms with van der Waals surface area (Å²) in [6.07, 6.45) is 9.14. The fourth-order valence-electron chi connectivity index (χ4n) is 6.61. The average molecular weight is 691 g/mol. The molecule has 3 aromatic rings. The van der Waals surface area contributed by atoms with E-state index in [4.69, 9.17) is 14.6 Å². The Kier molecular flexibility index (Phi) is 14.5. The second-order valence-corrected chi connectivity index (χ2v) is 13.6. The smallest absolute Gasteiger partial charge is 0.335 e. The van der Waals surface area contributed by atoms with Crippen molar-refractivity contribution in [3.8, 4) is 22.3 Å². The van der Waals surface area contributed by atoms with Gasteiger partial charge in [0.05, 0.1) is 31.0 Å². The van der Waals surface area contributed by atoms with Crippen molar-refractivity contribution in [3.63, 3.8) is 0 Å². The van der Waals surface area contributed by atoms with Crippen LogP contribution in [0.4, 0.5) is 13.2 Å². The summed E-state index contributed by atoms with van der Waals surface area (Å²) in [6.45, 7) is 10.4. The number of aliphatic hydroxyl groups excluding tert-OH is 1. The summed E-state index contributed by atoms with van der Waals surface area (Å²) in [7, 11) is 0. The average Bonchev–Trinajstić information content (AvgIpc) is 3.11. The van der Waals surface area contributed by atoms with Crippen molar-refractivity contribution in [3.05, 3.63) is 107 Å². The summed E-state index contributed by atoms with van der Waals surface area (Å²) in [5, 5.41) is 9.14. The van der Waals surface area contributed by atoms with Crippen molar-refractivity contribution in [2.75, 3.05) is 19.8 Å². The number of unbranched alkanes of at least 4 members (excludes halogenated alkanes) is 2. The highest BCUT2D eigenvalue weighted by atomic mass is 19.1. The zero-order valence-electron chi connectivity index (χ0n) is 29.2. The number of hydrogen-bond donors (Lipinski definition) is 1. The molecule has 0 spiro atoms. The van der Waals surface area contributed by atoms with E-state index in [1.54, 1.807) is 19.1 Å². The van der Waals surface area contributed by atoms with Crippen LogP contribution in [-0.4, -0.2) is 36.9 Å². The van der Waals surface area contributed by atoms with Crippen molar-refractivity contribution in [1.29, 1.82) is 0 Å². The van der Waals surface area contributed by atoms with Gasteiger partial charge in [0.2, 0.25) is 0 Å². The predicted molar refractivity (Wildman–Crippen MR) is 191 cm³/mol. The summed E-state index contributed by atoms with van der Waals surface area (Å²) in [6, 6.07) is 14.9. The van der Waals surface area contributed by atoms with Gasteiger partial charge in [-0.3, -0.25) is 0 Å². The molecule has 1 aliphatic carbocycles. The maximum Gasteiger partial charge on any atom is 0.335 e. The Bertz CT molecular complexity index is 1620. The molecule has 1 fully saturated rings. The van der Waals surface area contributed by atoms with Crippen molar-refractivity contribution in [1.82, 2.24) is 0 Å². The van der Waals surface area contributed by atoms with E-state index in [0.717, 1.165) is 51.4 Å². The van der Waals surface area contributed by atoms with Gasteiger partial charge in [-0.15, -0.1) is 0 Å². The number of carbonyl (C=O) groups excluding carboxylic acids is 2. The van der Waals surface area contributed by atoms with Gasteiger partial charge in [-0.1, -0.05) is 69.3 Å². The summed E-state index contributed by atoms with van der Waals surface area (Å²) >= 11 is 0. The largest absolute Gasteiger partial charge is 0.462 e. The number of esters is 2. The van der Waals surface area contributed by atoms with Crippen LogP contribution in [0.5, 0.6) is 0 Å². The Balaban J connectivity index is 1.32. The van der Waals surface area contributed by atoms with Gasteiger partial charge < -0.3 is 14.6 Å². The molecular weight excluding hydrogens is 641 g/mol. The van der Waals surface area contributed by atoms with E-state index in [1.807, 2.05) is 24.3 Å². The van der Waals surface area contributed by atoms with Crippen LogP contribution in [0, 0.1) is 29.3 Å². The number of rotatable bonds is 17. The van der Waals surface area contributed by atoms with Gasteiger partial charge in [-0.05, 0) is 111 Å². The quantitative estimate of drug-likeness (QED) is 0.0867. The monoisotopic (exact) mass is 690 g/mol. The zero-order chi connectivity index (χ0) is 36.2. The van der Waals surface area contributed by atoms with Crippen LogP contribution >= 0.6 is 0 Å². The lowest BCUT2D eigenvalue weighted by atomic mass is 9.76. The van der Waals surface area contributed by atoms with E-state index in [-0.39, 0.29) is 35.8 Å². The summed E-state index contributed by atoms with van der Waals surface area (Å²) in [4.78, 5) is 23.9. The molecule has 1 saturated carbocycles. The first-order valence-corrected chi connectivity index (χ1v) is 17.7. The van der Waals surface area contributed by atoms with Gasteiger partial charge >= 0.3 is 11.9 Å². The van der Waals surface area contributed by atoms with E-state index in [1.165, 1.54) is 23.8 Å². The molecule has 0 radical (unpaired) electrons. The third-order valence-electron chi connectivity index (χ3n) is 9.68. The van der Waals surface area contributed by atoms with Gasteiger partial charge in [0.15, 0.2) is 0 Å². The van der Waals surface area contributed by atoms with Gasteiger partial charge in [-0.25, -0.2) is 22.8 Å². The SMILES string of the molecule is C=C(C)C(=O)OCC(CCC1CCC(c2ccc(-c3ccc(-c4c(F)cc(CCCCC)cc4F)cc3F)cc2)CC1)COC(=O)C(=C)CO. The second kappa shape index (κ2) is 18.7. The molecule has 1 N–H and O–H groups in total. The van der Waals surface area contributed by atoms with Gasteiger partial charge in [-0.2, -0.15) is 0 Å². The Morgan fingerprint density at radius 3 is 2.04 bits per heavy atom. The van der Waals surface area contributed by atoms with Crippen LogP contribution in [0.1, 0.15) is 88.7 Å². The first-order chi connectivity index (χ1) is 24.0. The minimum absolute atomic E-state index is 0.0279. The lowest BCUT2D eigenvalue weighted by Crippen LogP contribution is -2.23. The number of ether oxygens (including phenoxy) is 2. The standard InChI is InChI=1S/C42H49F3O5/c1-5-6-7-8-30-21-38(44)40(39(45)22-30)35-19-20-36(37(43)23-35)34-17-15-33(16-18-34)32-13-11-29(12-14-32)9-10-31(25-49-41(47)27(2)3)26-50-42(48)28(4)24-46/h15-23,29,31-32,46H,2,4-14,24-26H2,1,3H3. The number of carbonyl (C=O) groups is 2. The molecule has 4 rings (SSSR count). The number of aliphatic hydroxyl groups is 1. The van der Waals surface area contributed by atoms with Crippen LogP contribution in [0.15, 0.2) is 78.9 Å². The Morgan fingerprint density at radius 2 is 1.46 bits per heavy atom. The van der Waals surface area contributed by atoms with Crippen LogP contribution < -0.4 is 0 Å². The fourth-order valence-corrected chi connectivity index (χ4v) is 6.61. The summed E-state index contributed by atoms with van der Waals surface area (Å²) in [5.41, 5.74) is 3.09. The van der Waals surface area contributed by atoms with Crippen LogP contribution in [0.25, 0.3) is 22.3 Å². The number of hydrogen-bond acceptors (Lipinski definition) is 5. The molecule has 1 atom stereocenters. The van der Waals surface area contributed by atoms with Crippen molar-refractivity contribution in [2.45, 2.75) is 84.0 Å². The van der Waals surface area contributed by atoms with E-state index in [2.05, 4.69) is 20.1 Å². The fraction of sp³-hybridized carbons (Fsp3) is 0.429. The highest BCUT2D eigenvalue weighted by Crippen LogP contribution is 2.39. The maximum absolute atomic E-state index is 15.3. The van der Waals surface area contributed by atoms with Crippen LogP contribution in [0.2, 0.25) is 0 Å². The first kappa shape index (κ1) is 38.6. The Morgan fingerprint density at radius 1 is 0.840 bits per heavy atom. The molecule has 0 saturated heterocycles. The van der Waals surface area contributed by atoms with E-state index in [0.29, 0.717) is 46.9 Å². The van der Waals surface area contributed by atoms with E-state index >= 15 is 4.39 Å². The third kappa shape index (κ3) is 10.7. The van der Waals surface area contributed by atoms with Crippen molar-refractivity contribution in [2.24, 2.45) is 11.8 Å². The minimum Gasteiger partial charge on any atom is -0.462 e. The van der Waals surface area contributed by atoms with Gasteiger partial charge in [0, 0.05) is 17.1 Å². The van der Waals surface area contributed by atoms with Crippen molar-refractivity contribution < 1.29 is 37.3 Å². The Labute approximate surface area is 294 Å². The third-order valence-corrected chi connectivity index (χ3v) is 9.68. The molecule has 268 valence electrons. The molecule has 0 aliphatic heterocycles. The first-order valence-electron chi connectivity index (χ1n) is 17.7. The molecule has 0 amide bonds. The minimum atomic E-state index is -0.682. The van der Waals surface area contributed by atoms with Gasteiger partial charge in [0.1, 0.15) is 17.5 Å². The predicted octanol–water partition coefficient (Wildman–Crippen LogP) is 10.1. The summed E-state index contributed by atoms with van der Waals surface area (Å²) < 4.78 is 55.9. The van der Waals surface area contributed by atoms with Crippen molar-refractivity contribution >= 4 is 11.9 Å². The molecule has 0 heterocycles. The Hall–Kier alpha value is -4.17.